The van der Waals surface area contributed by atoms with Crippen molar-refractivity contribution in [3.63, 3.8) is 0 Å². The molecule has 11 heteroatoms. The number of imidazole rings is 1. The summed E-state index contributed by atoms with van der Waals surface area (Å²) >= 11 is 1.56. The largest absolute Gasteiger partial charge is 0.466 e. The summed E-state index contributed by atoms with van der Waals surface area (Å²) < 4.78 is 9.76. The monoisotopic (exact) mass is 423 g/mol. The SMILES string of the molecule is CCOC(=O)CC(NC(=O)CCCCSc1ncnc2nc[nH]c12)C(=O)OCC. The average Bonchev–Trinajstić information content (AvgIpc) is 3.17. The van der Waals surface area contributed by atoms with E-state index in [0.29, 0.717) is 12.1 Å². The maximum Gasteiger partial charge on any atom is 0.329 e. The van der Waals surface area contributed by atoms with Gasteiger partial charge in [-0.3, -0.25) is 9.59 Å². The minimum absolute atomic E-state index is 0.165. The molecule has 0 fully saturated rings. The molecule has 0 aliphatic heterocycles. The van der Waals surface area contributed by atoms with Gasteiger partial charge in [-0.15, -0.1) is 11.8 Å². The number of carbonyl (C=O) groups excluding carboxylic acids is 3. The first-order chi connectivity index (χ1) is 14.0. The summed E-state index contributed by atoms with van der Waals surface area (Å²) in [7, 11) is 0. The number of amides is 1. The van der Waals surface area contributed by atoms with E-state index in [0.717, 1.165) is 22.7 Å². The number of aromatic nitrogens is 4. The lowest BCUT2D eigenvalue weighted by molar-refractivity contribution is -0.153. The second-order valence-corrected chi connectivity index (χ2v) is 7.05. The van der Waals surface area contributed by atoms with Gasteiger partial charge >= 0.3 is 11.9 Å². The zero-order valence-corrected chi connectivity index (χ0v) is 17.3. The Kier molecular flexibility index (Phi) is 9.35. The summed E-state index contributed by atoms with van der Waals surface area (Å²) in [6.45, 7) is 3.70. The van der Waals surface area contributed by atoms with E-state index in [9.17, 15) is 14.4 Å². The first-order valence-corrected chi connectivity index (χ1v) is 10.4. The van der Waals surface area contributed by atoms with Gasteiger partial charge in [-0.1, -0.05) is 0 Å². The number of hydrogen-bond acceptors (Lipinski definition) is 9. The second kappa shape index (κ2) is 12.0. The average molecular weight is 423 g/mol. The summed E-state index contributed by atoms with van der Waals surface area (Å²) in [5.41, 5.74) is 1.42. The molecule has 0 saturated heterocycles. The van der Waals surface area contributed by atoms with E-state index in [1.54, 1.807) is 31.9 Å². The summed E-state index contributed by atoms with van der Waals surface area (Å²) in [6, 6.07) is -1.04. The Balaban J connectivity index is 1.74. The van der Waals surface area contributed by atoms with E-state index >= 15 is 0 Å². The Hall–Kier alpha value is -2.69. The van der Waals surface area contributed by atoms with Crippen molar-refractivity contribution in [1.82, 2.24) is 25.3 Å². The Morgan fingerprint density at radius 2 is 1.93 bits per heavy atom. The number of esters is 2. The number of thioether (sulfide) groups is 1. The third kappa shape index (κ3) is 7.33. The zero-order chi connectivity index (χ0) is 21.1. The van der Waals surface area contributed by atoms with Gasteiger partial charge in [-0.05, 0) is 32.4 Å². The van der Waals surface area contributed by atoms with E-state index in [1.807, 2.05) is 0 Å². The normalized spacial score (nSPS) is 11.8. The van der Waals surface area contributed by atoms with Gasteiger partial charge in [-0.25, -0.2) is 19.7 Å². The van der Waals surface area contributed by atoms with Gasteiger partial charge < -0.3 is 19.8 Å². The summed E-state index contributed by atoms with van der Waals surface area (Å²) in [5.74, 6) is -0.743. The van der Waals surface area contributed by atoms with Crippen molar-refractivity contribution < 1.29 is 23.9 Å². The lowest BCUT2D eigenvalue weighted by atomic mass is 10.2. The fourth-order valence-electron chi connectivity index (χ4n) is 2.50. The molecule has 158 valence electrons. The molecule has 0 spiro atoms. The minimum atomic E-state index is -1.04. The molecule has 2 heterocycles. The molecule has 0 aliphatic carbocycles. The molecule has 1 amide bonds. The minimum Gasteiger partial charge on any atom is -0.466 e. The fourth-order valence-corrected chi connectivity index (χ4v) is 3.46. The van der Waals surface area contributed by atoms with Crippen LogP contribution in [0.2, 0.25) is 0 Å². The lowest BCUT2D eigenvalue weighted by Crippen LogP contribution is -2.43. The van der Waals surface area contributed by atoms with Crippen LogP contribution in [0.25, 0.3) is 11.2 Å². The Morgan fingerprint density at radius 1 is 1.14 bits per heavy atom. The van der Waals surface area contributed by atoms with Gasteiger partial charge in [0.05, 0.1) is 26.0 Å². The van der Waals surface area contributed by atoms with Gasteiger partial charge in [0.1, 0.15) is 22.9 Å². The number of nitrogens with zero attached hydrogens (tertiary/aromatic N) is 3. The molecule has 2 aromatic heterocycles. The van der Waals surface area contributed by atoms with E-state index in [-0.39, 0.29) is 32.0 Å². The van der Waals surface area contributed by atoms with Gasteiger partial charge in [0, 0.05) is 6.42 Å². The third-order valence-electron chi connectivity index (χ3n) is 3.81. The number of unbranched alkanes of at least 4 members (excludes halogenated alkanes) is 1. The standard InChI is InChI=1S/C18H25N5O5S/c1-3-27-14(25)9-12(18(26)28-4-2)23-13(24)7-5-6-8-29-17-15-16(20-10-19-15)21-11-22-17/h10-12H,3-9H2,1-2H3,(H,23,24)(H,19,20,21,22). The number of carbonyl (C=O) groups is 3. The summed E-state index contributed by atoms with van der Waals surface area (Å²) in [5, 5.41) is 3.38. The van der Waals surface area contributed by atoms with E-state index in [2.05, 4.69) is 25.3 Å². The van der Waals surface area contributed by atoms with Crippen molar-refractivity contribution in [1.29, 1.82) is 0 Å². The van der Waals surface area contributed by atoms with Crippen LogP contribution >= 0.6 is 11.8 Å². The molecule has 29 heavy (non-hydrogen) atoms. The molecule has 2 N–H and O–H groups in total. The number of aromatic amines is 1. The van der Waals surface area contributed by atoms with Crippen molar-refractivity contribution >= 4 is 40.8 Å². The van der Waals surface area contributed by atoms with Crippen LogP contribution in [0.4, 0.5) is 0 Å². The highest BCUT2D eigenvalue weighted by Crippen LogP contribution is 2.22. The van der Waals surface area contributed by atoms with Crippen LogP contribution in [0.3, 0.4) is 0 Å². The molecule has 10 nitrogen and oxygen atoms in total. The molecule has 1 unspecified atom stereocenters. The highest BCUT2D eigenvalue weighted by molar-refractivity contribution is 7.99. The van der Waals surface area contributed by atoms with Crippen molar-refractivity contribution in [3.05, 3.63) is 12.7 Å². The first-order valence-electron chi connectivity index (χ1n) is 9.43. The number of nitrogens with one attached hydrogen (secondary N) is 2. The molecule has 0 aromatic carbocycles. The molecule has 2 rings (SSSR count). The van der Waals surface area contributed by atoms with Gasteiger partial charge in [0.15, 0.2) is 5.65 Å². The van der Waals surface area contributed by atoms with Gasteiger partial charge in [0.2, 0.25) is 5.91 Å². The van der Waals surface area contributed by atoms with E-state index < -0.39 is 18.0 Å². The predicted molar refractivity (Wildman–Crippen MR) is 106 cm³/mol. The molecule has 0 aliphatic rings. The third-order valence-corrected chi connectivity index (χ3v) is 4.88. The maximum atomic E-state index is 12.2. The van der Waals surface area contributed by atoms with E-state index in [1.165, 1.54) is 6.33 Å². The molecule has 2 aromatic rings. The molecule has 0 saturated carbocycles. The Bertz CT molecular complexity index is 828. The quantitative estimate of drug-likeness (QED) is 0.226. The van der Waals surface area contributed by atoms with Crippen LogP contribution in [-0.4, -0.2) is 62.8 Å². The first kappa shape index (κ1) is 22.6. The Morgan fingerprint density at radius 3 is 2.69 bits per heavy atom. The molecular formula is C18H25N5O5S. The zero-order valence-electron chi connectivity index (χ0n) is 16.5. The molecule has 0 radical (unpaired) electrons. The van der Waals surface area contributed by atoms with Crippen molar-refractivity contribution in [2.45, 2.75) is 50.6 Å². The highest BCUT2D eigenvalue weighted by Gasteiger charge is 2.25. The molecule has 1 atom stereocenters. The number of H-pyrrole nitrogens is 1. The highest BCUT2D eigenvalue weighted by atomic mass is 32.2. The smallest absolute Gasteiger partial charge is 0.329 e. The molecular weight excluding hydrogens is 398 g/mol. The molecule has 0 bridgehead atoms. The van der Waals surface area contributed by atoms with Crippen LogP contribution in [0.5, 0.6) is 0 Å². The predicted octanol–water partition coefficient (Wildman–Crippen LogP) is 1.62. The topological polar surface area (TPSA) is 136 Å². The van der Waals surface area contributed by atoms with E-state index in [4.69, 9.17) is 9.47 Å². The van der Waals surface area contributed by atoms with Crippen molar-refractivity contribution in [2.24, 2.45) is 0 Å². The summed E-state index contributed by atoms with van der Waals surface area (Å²) in [6.07, 6.45) is 4.44. The van der Waals surface area contributed by atoms with Crippen molar-refractivity contribution in [3.8, 4) is 0 Å². The number of rotatable bonds is 12. The number of ether oxygens (including phenoxy) is 2. The van der Waals surface area contributed by atoms with Crippen LogP contribution < -0.4 is 5.32 Å². The number of fused-ring (bicyclic) bond motifs is 1. The second-order valence-electron chi connectivity index (χ2n) is 5.97. The van der Waals surface area contributed by atoms with Crippen LogP contribution in [-0.2, 0) is 23.9 Å². The van der Waals surface area contributed by atoms with Crippen LogP contribution in [0, 0.1) is 0 Å². The maximum absolute atomic E-state index is 12.2. The van der Waals surface area contributed by atoms with Crippen LogP contribution in [0.15, 0.2) is 17.7 Å². The van der Waals surface area contributed by atoms with Gasteiger partial charge in [-0.2, -0.15) is 0 Å². The van der Waals surface area contributed by atoms with Crippen LogP contribution in [0.1, 0.15) is 39.5 Å². The summed E-state index contributed by atoms with van der Waals surface area (Å²) in [4.78, 5) is 51.2. The lowest BCUT2D eigenvalue weighted by Gasteiger charge is -2.16. The Labute approximate surface area is 172 Å². The number of hydrogen-bond donors (Lipinski definition) is 2. The van der Waals surface area contributed by atoms with Crippen molar-refractivity contribution in [2.75, 3.05) is 19.0 Å². The van der Waals surface area contributed by atoms with Gasteiger partial charge in [0.25, 0.3) is 0 Å². The fraction of sp³-hybridized carbons (Fsp3) is 0.556.